The molecule has 18 heavy (non-hydrogen) atoms. The first-order chi connectivity index (χ1) is 8.31. The fourth-order valence-electron chi connectivity index (χ4n) is 1.88. The maximum Gasteiger partial charge on any atom is 0.221 e. The summed E-state index contributed by atoms with van der Waals surface area (Å²) in [5.74, 6) is 0.345. The number of nitrogens with one attached hydrogen (secondary N) is 1. The van der Waals surface area contributed by atoms with Gasteiger partial charge in [-0.1, -0.05) is 15.9 Å². The van der Waals surface area contributed by atoms with Crippen LogP contribution in [0, 0.1) is 0 Å². The molecular formula is C13H14BrNO3. The fourth-order valence-corrected chi connectivity index (χ4v) is 2.22. The molecule has 1 aliphatic heterocycles. The summed E-state index contributed by atoms with van der Waals surface area (Å²) in [7, 11) is 0. The van der Waals surface area contributed by atoms with Crippen LogP contribution < -0.4 is 10.1 Å². The molecule has 0 saturated heterocycles. The zero-order chi connectivity index (χ0) is 13.5. The summed E-state index contributed by atoms with van der Waals surface area (Å²) < 4.78 is 5.81. The van der Waals surface area contributed by atoms with Crippen LogP contribution in [0.15, 0.2) is 18.2 Å². The normalized spacial score (nSPS) is 20.9. The average Bonchev–Trinajstić information content (AvgIpc) is 2.24. The molecule has 1 amide bonds. The van der Waals surface area contributed by atoms with Gasteiger partial charge in [-0.15, -0.1) is 0 Å². The molecule has 0 fully saturated rings. The van der Waals surface area contributed by atoms with Gasteiger partial charge in [-0.25, -0.2) is 0 Å². The number of anilines is 1. The summed E-state index contributed by atoms with van der Waals surface area (Å²) in [6.07, 6.45) is 0. The number of alkyl halides is 1. The summed E-state index contributed by atoms with van der Waals surface area (Å²) in [6, 6.07) is 5.04. The van der Waals surface area contributed by atoms with Crippen molar-refractivity contribution in [3.05, 3.63) is 23.8 Å². The van der Waals surface area contributed by atoms with Gasteiger partial charge in [0.05, 0.1) is 5.56 Å². The number of hydrogen-bond acceptors (Lipinski definition) is 3. The number of rotatable bonds is 1. The molecule has 1 aliphatic rings. The zero-order valence-electron chi connectivity index (χ0n) is 10.4. The lowest BCUT2D eigenvalue weighted by Gasteiger charge is -2.36. The van der Waals surface area contributed by atoms with Crippen molar-refractivity contribution >= 4 is 33.3 Å². The number of ether oxygens (including phenoxy) is 1. The molecule has 0 spiro atoms. The molecule has 96 valence electrons. The van der Waals surface area contributed by atoms with Gasteiger partial charge in [0, 0.05) is 18.7 Å². The largest absolute Gasteiger partial charge is 0.485 e. The highest BCUT2D eigenvalue weighted by atomic mass is 79.9. The van der Waals surface area contributed by atoms with E-state index < -0.39 is 5.60 Å². The third-order valence-corrected chi connectivity index (χ3v) is 4.30. The zero-order valence-corrected chi connectivity index (χ0v) is 12.0. The minimum absolute atomic E-state index is 0.00405. The molecule has 4 nitrogen and oxygen atoms in total. The number of fused-ring (bicyclic) bond motifs is 1. The van der Waals surface area contributed by atoms with E-state index in [0.717, 1.165) is 0 Å². The second-order valence-electron chi connectivity index (χ2n) is 4.82. The lowest BCUT2D eigenvalue weighted by atomic mass is 9.93. The molecule has 1 unspecified atom stereocenters. The Bertz CT molecular complexity index is 525. The van der Waals surface area contributed by atoms with Gasteiger partial charge in [-0.2, -0.15) is 0 Å². The molecule has 0 aromatic heterocycles. The molecule has 0 aliphatic carbocycles. The van der Waals surface area contributed by atoms with Gasteiger partial charge in [0.1, 0.15) is 16.2 Å². The quantitative estimate of drug-likeness (QED) is 0.811. The third kappa shape index (κ3) is 2.27. The predicted octanol–water partition coefficient (Wildman–Crippen LogP) is 2.76. The highest BCUT2D eigenvalue weighted by Crippen LogP contribution is 2.38. The second kappa shape index (κ2) is 4.39. The van der Waals surface area contributed by atoms with Gasteiger partial charge in [0.15, 0.2) is 5.78 Å². The highest BCUT2D eigenvalue weighted by molar-refractivity contribution is 9.10. The van der Waals surface area contributed by atoms with E-state index in [1.807, 2.05) is 13.8 Å². The lowest BCUT2D eigenvalue weighted by molar-refractivity contribution is -0.114. The van der Waals surface area contributed by atoms with Crippen LogP contribution in [-0.2, 0) is 4.79 Å². The Morgan fingerprint density at radius 3 is 2.72 bits per heavy atom. The maximum atomic E-state index is 12.2. The lowest BCUT2D eigenvalue weighted by Crippen LogP contribution is -2.46. The SMILES string of the molecule is CC(=O)Nc1ccc2c(c1)OC(C)(C)C(Br)C2=O. The van der Waals surface area contributed by atoms with E-state index in [1.54, 1.807) is 18.2 Å². The van der Waals surface area contributed by atoms with Crippen molar-refractivity contribution in [2.75, 3.05) is 5.32 Å². The fraction of sp³-hybridized carbons (Fsp3) is 0.385. The van der Waals surface area contributed by atoms with Crippen molar-refractivity contribution in [3.8, 4) is 5.75 Å². The van der Waals surface area contributed by atoms with Crippen molar-refractivity contribution in [3.63, 3.8) is 0 Å². The Balaban J connectivity index is 2.42. The number of amides is 1. The van der Waals surface area contributed by atoms with Gasteiger partial charge >= 0.3 is 0 Å². The molecule has 1 aromatic carbocycles. The number of ketones is 1. The predicted molar refractivity (Wildman–Crippen MR) is 72.5 cm³/mol. The molecule has 0 saturated carbocycles. The molecule has 5 heteroatoms. The van der Waals surface area contributed by atoms with Crippen molar-refractivity contribution in [2.24, 2.45) is 0 Å². The smallest absolute Gasteiger partial charge is 0.221 e. The van der Waals surface area contributed by atoms with E-state index in [4.69, 9.17) is 4.74 Å². The molecular weight excluding hydrogens is 298 g/mol. The first-order valence-electron chi connectivity index (χ1n) is 5.60. The van der Waals surface area contributed by atoms with Crippen LogP contribution in [0.4, 0.5) is 5.69 Å². The van der Waals surface area contributed by atoms with Crippen LogP contribution >= 0.6 is 15.9 Å². The van der Waals surface area contributed by atoms with Crippen LogP contribution in [0.25, 0.3) is 0 Å². The number of carbonyl (C=O) groups is 2. The van der Waals surface area contributed by atoms with E-state index in [1.165, 1.54) is 6.92 Å². The van der Waals surface area contributed by atoms with Crippen LogP contribution in [0.2, 0.25) is 0 Å². The number of hydrogen-bond donors (Lipinski definition) is 1. The molecule has 1 heterocycles. The maximum absolute atomic E-state index is 12.2. The second-order valence-corrected chi connectivity index (χ2v) is 5.74. The standard InChI is InChI=1S/C13H14BrNO3/c1-7(16)15-8-4-5-9-10(6-8)18-13(2,3)12(14)11(9)17/h4-6,12H,1-3H3,(H,15,16). The Kier molecular flexibility index (Phi) is 3.19. The van der Waals surface area contributed by atoms with Gasteiger partial charge in [0.25, 0.3) is 0 Å². The molecule has 0 bridgehead atoms. The first-order valence-corrected chi connectivity index (χ1v) is 6.52. The van der Waals surface area contributed by atoms with Crippen LogP contribution in [0.3, 0.4) is 0 Å². The van der Waals surface area contributed by atoms with Gasteiger partial charge < -0.3 is 10.1 Å². The molecule has 1 atom stereocenters. The highest BCUT2D eigenvalue weighted by Gasteiger charge is 2.41. The number of halogens is 1. The van der Waals surface area contributed by atoms with Crippen LogP contribution in [0.5, 0.6) is 5.75 Å². The van der Waals surface area contributed by atoms with Crippen molar-refractivity contribution < 1.29 is 14.3 Å². The van der Waals surface area contributed by atoms with E-state index in [0.29, 0.717) is 17.0 Å². The van der Waals surface area contributed by atoms with Crippen LogP contribution in [-0.4, -0.2) is 22.1 Å². The van der Waals surface area contributed by atoms with Crippen molar-refractivity contribution in [1.82, 2.24) is 0 Å². The molecule has 0 radical (unpaired) electrons. The number of carbonyl (C=O) groups excluding carboxylic acids is 2. The summed E-state index contributed by atoms with van der Waals surface area (Å²) in [4.78, 5) is 22.8. The number of Topliss-reactive ketones (excluding diaryl/α,β-unsaturated/α-hetero) is 1. The Morgan fingerprint density at radius 1 is 1.44 bits per heavy atom. The summed E-state index contributed by atoms with van der Waals surface area (Å²) in [5, 5.41) is 2.67. The van der Waals surface area contributed by atoms with Gasteiger partial charge in [0.2, 0.25) is 5.91 Å². The molecule has 2 rings (SSSR count). The Morgan fingerprint density at radius 2 is 2.11 bits per heavy atom. The minimum atomic E-state index is -0.612. The minimum Gasteiger partial charge on any atom is -0.485 e. The molecule has 1 N–H and O–H groups in total. The summed E-state index contributed by atoms with van der Waals surface area (Å²) >= 11 is 3.36. The van der Waals surface area contributed by atoms with E-state index in [2.05, 4.69) is 21.2 Å². The van der Waals surface area contributed by atoms with E-state index >= 15 is 0 Å². The topological polar surface area (TPSA) is 55.4 Å². The third-order valence-electron chi connectivity index (χ3n) is 2.78. The van der Waals surface area contributed by atoms with Crippen molar-refractivity contribution in [1.29, 1.82) is 0 Å². The van der Waals surface area contributed by atoms with Crippen molar-refractivity contribution in [2.45, 2.75) is 31.2 Å². The average molecular weight is 312 g/mol. The van der Waals surface area contributed by atoms with E-state index in [9.17, 15) is 9.59 Å². The molecule has 1 aromatic rings. The first kappa shape index (κ1) is 13.1. The summed E-state index contributed by atoms with van der Waals surface area (Å²) in [6.45, 7) is 5.13. The Hall–Kier alpha value is -1.36. The number of benzene rings is 1. The van der Waals surface area contributed by atoms with Crippen LogP contribution in [0.1, 0.15) is 31.1 Å². The Labute approximate surface area is 114 Å². The monoisotopic (exact) mass is 311 g/mol. The van der Waals surface area contributed by atoms with E-state index in [-0.39, 0.29) is 16.5 Å². The van der Waals surface area contributed by atoms with Gasteiger partial charge in [-0.05, 0) is 26.0 Å². The summed E-state index contributed by atoms with van der Waals surface area (Å²) in [5.41, 5.74) is 0.544. The van der Waals surface area contributed by atoms with Gasteiger partial charge in [-0.3, -0.25) is 9.59 Å².